The van der Waals surface area contributed by atoms with E-state index in [1.165, 1.54) is 6.07 Å². The van der Waals surface area contributed by atoms with Crippen molar-refractivity contribution < 1.29 is 8.42 Å². The van der Waals surface area contributed by atoms with Crippen LogP contribution in [-0.4, -0.2) is 58.0 Å². The first-order valence-corrected chi connectivity index (χ1v) is 10.6. The van der Waals surface area contributed by atoms with Gasteiger partial charge in [-0.15, -0.1) is 0 Å². The van der Waals surface area contributed by atoms with Gasteiger partial charge < -0.3 is 4.90 Å². The monoisotopic (exact) mass is 393 g/mol. The topological polar surface area (TPSA) is 52.6 Å². The summed E-state index contributed by atoms with van der Waals surface area (Å²) >= 11 is 6.07. The second-order valence-electron chi connectivity index (χ2n) is 6.55. The molecule has 1 N–H and O–H groups in total. The minimum atomic E-state index is -3.66. The SMILES string of the molecule is CN1CCN(C(CNS(=O)(=O)c2ccccc2Cl)c2ccccc2)CC1. The van der Waals surface area contributed by atoms with Crippen LogP contribution in [0.3, 0.4) is 0 Å². The van der Waals surface area contributed by atoms with E-state index >= 15 is 0 Å². The highest BCUT2D eigenvalue weighted by atomic mass is 35.5. The molecule has 0 spiro atoms. The lowest BCUT2D eigenvalue weighted by atomic mass is 10.0. The number of hydrogen-bond donors (Lipinski definition) is 1. The molecule has 1 heterocycles. The summed E-state index contributed by atoms with van der Waals surface area (Å²) in [5.74, 6) is 0. The Hall–Kier alpha value is -1.44. The number of nitrogens with one attached hydrogen (secondary N) is 1. The van der Waals surface area contributed by atoms with Crippen LogP contribution in [0.4, 0.5) is 0 Å². The van der Waals surface area contributed by atoms with E-state index in [4.69, 9.17) is 11.6 Å². The van der Waals surface area contributed by atoms with Gasteiger partial charge in [-0.2, -0.15) is 0 Å². The van der Waals surface area contributed by atoms with Crippen LogP contribution in [0.5, 0.6) is 0 Å². The number of halogens is 1. The van der Waals surface area contributed by atoms with Crippen LogP contribution in [0.15, 0.2) is 59.5 Å². The zero-order valence-corrected chi connectivity index (χ0v) is 16.4. The standard InChI is InChI=1S/C19H24ClN3O2S/c1-22-11-13-23(14-12-22)18(16-7-3-2-4-8-16)15-21-26(24,25)19-10-6-5-9-17(19)20/h2-10,18,21H,11-15H2,1H3. The fourth-order valence-electron chi connectivity index (χ4n) is 3.20. The predicted octanol–water partition coefficient (Wildman–Crippen LogP) is 2.61. The van der Waals surface area contributed by atoms with Crippen LogP contribution >= 0.6 is 11.6 Å². The molecule has 3 rings (SSSR count). The molecular weight excluding hydrogens is 370 g/mol. The molecule has 0 saturated carbocycles. The molecule has 1 aliphatic rings. The predicted molar refractivity (Wildman–Crippen MR) is 105 cm³/mol. The fourth-order valence-corrected chi connectivity index (χ4v) is 4.75. The van der Waals surface area contributed by atoms with E-state index in [1.54, 1.807) is 18.2 Å². The van der Waals surface area contributed by atoms with Gasteiger partial charge in [-0.3, -0.25) is 4.90 Å². The maximum Gasteiger partial charge on any atom is 0.242 e. The van der Waals surface area contributed by atoms with Crippen molar-refractivity contribution >= 4 is 21.6 Å². The molecule has 1 unspecified atom stereocenters. The van der Waals surface area contributed by atoms with E-state index in [0.29, 0.717) is 6.54 Å². The molecule has 7 heteroatoms. The third-order valence-corrected chi connectivity index (χ3v) is 6.68. The molecule has 140 valence electrons. The van der Waals surface area contributed by atoms with Crippen LogP contribution in [0.2, 0.25) is 5.02 Å². The van der Waals surface area contributed by atoms with Gasteiger partial charge in [0.25, 0.3) is 0 Å². The van der Waals surface area contributed by atoms with E-state index in [0.717, 1.165) is 31.7 Å². The highest BCUT2D eigenvalue weighted by molar-refractivity contribution is 7.89. The minimum absolute atomic E-state index is 0.0119. The van der Waals surface area contributed by atoms with E-state index in [2.05, 4.69) is 21.6 Å². The first-order valence-electron chi connectivity index (χ1n) is 8.69. The minimum Gasteiger partial charge on any atom is -0.304 e. The average Bonchev–Trinajstić information content (AvgIpc) is 2.64. The number of piperazine rings is 1. The van der Waals surface area contributed by atoms with Gasteiger partial charge in [0.1, 0.15) is 4.90 Å². The van der Waals surface area contributed by atoms with Gasteiger partial charge in [0.05, 0.1) is 5.02 Å². The van der Waals surface area contributed by atoms with Gasteiger partial charge in [-0.05, 0) is 24.7 Å². The molecule has 0 amide bonds. The van der Waals surface area contributed by atoms with Crippen molar-refractivity contribution in [2.45, 2.75) is 10.9 Å². The second-order valence-corrected chi connectivity index (χ2v) is 8.69. The molecule has 0 aromatic heterocycles. The molecule has 0 bridgehead atoms. The molecular formula is C19H24ClN3O2S. The molecule has 1 fully saturated rings. The van der Waals surface area contributed by atoms with Gasteiger partial charge in [-0.25, -0.2) is 13.1 Å². The number of hydrogen-bond acceptors (Lipinski definition) is 4. The second kappa shape index (κ2) is 8.50. The van der Waals surface area contributed by atoms with Gasteiger partial charge in [0, 0.05) is 38.8 Å². The van der Waals surface area contributed by atoms with Crippen LogP contribution in [0.1, 0.15) is 11.6 Å². The molecule has 26 heavy (non-hydrogen) atoms. The quantitative estimate of drug-likeness (QED) is 0.819. The first kappa shape index (κ1) is 19.3. The van der Waals surface area contributed by atoms with Crippen LogP contribution in [-0.2, 0) is 10.0 Å². The zero-order valence-electron chi connectivity index (χ0n) is 14.8. The Balaban J connectivity index is 1.79. The van der Waals surface area contributed by atoms with Gasteiger partial charge >= 0.3 is 0 Å². The Morgan fingerprint density at radius 3 is 2.27 bits per heavy atom. The van der Waals surface area contributed by atoms with Crippen molar-refractivity contribution in [3.8, 4) is 0 Å². The third kappa shape index (κ3) is 4.64. The van der Waals surface area contributed by atoms with Crippen molar-refractivity contribution in [2.24, 2.45) is 0 Å². The molecule has 1 saturated heterocycles. The highest BCUT2D eigenvalue weighted by Gasteiger charge is 2.26. The molecule has 5 nitrogen and oxygen atoms in total. The number of rotatable bonds is 6. The number of sulfonamides is 1. The summed E-state index contributed by atoms with van der Waals surface area (Å²) in [7, 11) is -1.56. The largest absolute Gasteiger partial charge is 0.304 e. The third-order valence-electron chi connectivity index (χ3n) is 4.76. The van der Waals surface area contributed by atoms with Gasteiger partial charge in [-0.1, -0.05) is 54.1 Å². The lowest BCUT2D eigenvalue weighted by Gasteiger charge is -2.38. The molecule has 2 aromatic rings. The Kier molecular flexibility index (Phi) is 6.32. The van der Waals surface area contributed by atoms with Crippen molar-refractivity contribution in [1.29, 1.82) is 0 Å². The molecule has 2 aromatic carbocycles. The highest BCUT2D eigenvalue weighted by Crippen LogP contribution is 2.24. The Morgan fingerprint density at radius 2 is 1.62 bits per heavy atom. The molecule has 0 radical (unpaired) electrons. The Bertz CT molecular complexity index is 822. The van der Waals surface area contributed by atoms with Crippen LogP contribution in [0, 0.1) is 0 Å². The Labute approximate surface area is 160 Å². The first-order chi connectivity index (χ1) is 12.5. The number of nitrogens with zero attached hydrogens (tertiary/aromatic N) is 2. The lowest BCUT2D eigenvalue weighted by Crippen LogP contribution is -2.48. The summed E-state index contributed by atoms with van der Waals surface area (Å²) in [4.78, 5) is 4.74. The molecule has 0 aliphatic carbocycles. The average molecular weight is 394 g/mol. The van der Waals surface area contributed by atoms with Crippen molar-refractivity contribution in [1.82, 2.24) is 14.5 Å². The van der Waals surface area contributed by atoms with Crippen molar-refractivity contribution in [3.05, 3.63) is 65.2 Å². The summed E-state index contributed by atoms with van der Waals surface area (Å²) < 4.78 is 28.2. The summed E-state index contributed by atoms with van der Waals surface area (Å²) in [6.07, 6.45) is 0. The number of likely N-dealkylation sites (N-methyl/N-ethyl adjacent to an activating group) is 1. The Morgan fingerprint density at radius 1 is 1.00 bits per heavy atom. The normalized spacial score (nSPS) is 17.9. The van der Waals surface area contributed by atoms with E-state index in [1.807, 2.05) is 30.3 Å². The van der Waals surface area contributed by atoms with Gasteiger partial charge in [0.2, 0.25) is 10.0 Å². The molecule has 1 aliphatic heterocycles. The lowest BCUT2D eigenvalue weighted by molar-refractivity contribution is 0.113. The van der Waals surface area contributed by atoms with E-state index < -0.39 is 10.0 Å². The fraction of sp³-hybridized carbons (Fsp3) is 0.368. The molecule has 1 atom stereocenters. The summed E-state index contributed by atoms with van der Waals surface area (Å²) in [6.45, 7) is 4.07. The zero-order chi connectivity index (χ0) is 18.6. The smallest absolute Gasteiger partial charge is 0.242 e. The van der Waals surface area contributed by atoms with Crippen molar-refractivity contribution in [3.63, 3.8) is 0 Å². The maximum absolute atomic E-state index is 12.7. The number of benzene rings is 2. The summed E-state index contributed by atoms with van der Waals surface area (Å²) in [5, 5.41) is 0.232. The van der Waals surface area contributed by atoms with Crippen LogP contribution in [0.25, 0.3) is 0 Å². The van der Waals surface area contributed by atoms with Gasteiger partial charge in [0.15, 0.2) is 0 Å². The maximum atomic E-state index is 12.7. The summed E-state index contributed by atoms with van der Waals surface area (Å²) in [5.41, 5.74) is 1.11. The van der Waals surface area contributed by atoms with Crippen LogP contribution < -0.4 is 4.72 Å². The van der Waals surface area contributed by atoms with E-state index in [9.17, 15) is 8.42 Å². The van der Waals surface area contributed by atoms with E-state index in [-0.39, 0.29) is 16.0 Å². The summed E-state index contributed by atoms with van der Waals surface area (Å²) in [6, 6.07) is 16.5. The van der Waals surface area contributed by atoms with Crippen molar-refractivity contribution in [2.75, 3.05) is 39.8 Å².